The van der Waals surface area contributed by atoms with Crippen molar-refractivity contribution >= 4 is 24.0 Å². The summed E-state index contributed by atoms with van der Waals surface area (Å²) in [5.74, 6) is 0. The highest BCUT2D eigenvalue weighted by atomic mass is 35.5. The van der Waals surface area contributed by atoms with Gasteiger partial charge in [0.1, 0.15) is 0 Å². The molecule has 4 heteroatoms. The molecule has 0 aliphatic carbocycles. The third-order valence-corrected chi connectivity index (χ3v) is 3.27. The predicted molar refractivity (Wildman–Crippen MR) is 73.9 cm³/mol. The first kappa shape index (κ1) is 12.5. The first-order valence-corrected chi connectivity index (χ1v) is 5.88. The molecule has 0 atom stereocenters. The fourth-order valence-electron chi connectivity index (χ4n) is 2.14. The molecule has 1 aliphatic rings. The van der Waals surface area contributed by atoms with Gasteiger partial charge in [-0.3, -0.25) is 0 Å². The Morgan fingerprint density at radius 2 is 1.88 bits per heavy atom. The minimum Gasteiger partial charge on any atom is -0.358 e. The van der Waals surface area contributed by atoms with Gasteiger partial charge in [0.15, 0.2) is 0 Å². The highest BCUT2D eigenvalue weighted by Gasteiger charge is 2.12. The van der Waals surface area contributed by atoms with Crippen molar-refractivity contribution in [2.75, 3.05) is 6.54 Å². The van der Waals surface area contributed by atoms with E-state index in [1.807, 2.05) is 24.3 Å². The minimum atomic E-state index is 0. The van der Waals surface area contributed by atoms with E-state index in [2.05, 4.69) is 16.4 Å². The maximum absolute atomic E-state index is 5.88. The van der Waals surface area contributed by atoms with Crippen molar-refractivity contribution < 1.29 is 0 Å². The van der Waals surface area contributed by atoms with Crippen LogP contribution in [0.4, 0.5) is 0 Å². The Morgan fingerprint density at radius 3 is 2.59 bits per heavy atom. The average Bonchev–Trinajstić information content (AvgIpc) is 2.73. The van der Waals surface area contributed by atoms with Crippen molar-refractivity contribution in [3.63, 3.8) is 0 Å². The van der Waals surface area contributed by atoms with Crippen LogP contribution in [0.5, 0.6) is 0 Å². The summed E-state index contributed by atoms with van der Waals surface area (Å²) in [6.07, 6.45) is 1.09. The molecule has 0 saturated heterocycles. The van der Waals surface area contributed by atoms with Gasteiger partial charge in [-0.15, -0.1) is 12.4 Å². The van der Waals surface area contributed by atoms with E-state index in [0.29, 0.717) is 0 Å². The number of hydrogen-bond acceptors (Lipinski definition) is 1. The van der Waals surface area contributed by atoms with Gasteiger partial charge >= 0.3 is 0 Å². The van der Waals surface area contributed by atoms with Gasteiger partial charge in [-0.05, 0) is 29.3 Å². The third-order valence-electron chi connectivity index (χ3n) is 3.01. The summed E-state index contributed by atoms with van der Waals surface area (Å²) in [6, 6.07) is 10.2. The second-order valence-electron chi connectivity index (χ2n) is 4.12. The second-order valence-corrected chi connectivity index (χ2v) is 4.56. The summed E-state index contributed by atoms with van der Waals surface area (Å²) in [6.45, 7) is 2.03. The summed E-state index contributed by atoms with van der Waals surface area (Å²) in [7, 11) is 0. The van der Waals surface area contributed by atoms with Crippen molar-refractivity contribution in [1.29, 1.82) is 0 Å². The minimum absolute atomic E-state index is 0. The largest absolute Gasteiger partial charge is 0.358 e. The lowest BCUT2D eigenvalue weighted by molar-refractivity contribution is 0.638. The Hall–Kier alpha value is -0.960. The van der Waals surface area contributed by atoms with E-state index in [1.54, 1.807) is 0 Å². The first-order chi connectivity index (χ1) is 7.83. The van der Waals surface area contributed by atoms with E-state index < -0.39 is 0 Å². The molecule has 0 fully saturated rings. The van der Waals surface area contributed by atoms with Gasteiger partial charge in [0.05, 0.1) is 0 Å². The number of benzene rings is 1. The SMILES string of the molecule is Cl.Clc1ccc(-c2cc3c([nH]2)CCNC3)cc1. The second kappa shape index (κ2) is 5.13. The number of rotatable bonds is 1. The molecular weight excluding hydrogens is 255 g/mol. The molecule has 2 N–H and O–H groups in total. The molecule has 0 amide bonds. The van der Waals surface area contributed by atoms with Gasteiger partial charge in [-0.1, -0.05) is 23.7 Å². The Balaban J connectivity index is 0.00000108. The summed E-state index contributed by atoms with van der Waals surface area (Å²) in [4.78, 5) is 3.49. The molecule has 1 aliphatic heterocycles. The normalized spacial score (nSPS) is 13.9. The lowest BCUT2D eigenvalue weighted by Crippen LogP contribution is -2.22. The molecule has 2 aromatic rings. The van der Waals surface area contributed by atoms with Crippen LogP contribution in [0.1, 0.15) is 11.3 Å². The number of aromatic nitrogens is 1. The molecule has 1 aromatic heterocycles. The quantitative estimate of drug-likeness (QED) is 0.815. The van der Waals surface area contributed by atoms with Gasteiger partial charge in [0, 0.05) is 35.9 Å². The fourth-order valence-corrected chi connectivity index (χ4v) is 2.27. The zero-order valence-corrected chi connectivity index (χ0v) is 10.9. The van der Waals surface area contributed by atoms with Crippen LogP contribution >= 0.6 is 24.0 Å². The van der Waals surface area contributed by atoms with Crippen LogP contribution in [0, 0.1) is 0 Å². The fraction of sp³-hybridized carbons (Fsp3) is 0.231. The molecule has 0 spiro atoms. The van der Waals surface area contributed by atoms with E-state index in [1.165, 1.54) is 22.5 Å². The zero-order chi connectivity index (χ0) is 11.0. The van der Waals surface area contributed by atoms with E-state index in [4.69, 9.17) is 11.6 Å². The molecule has 0 unspecified atom stereocenters. The van der Waals surface area contributed by atoms with Crippen LogP contribution in [0.3, 0.4) is 0 Å². The number of halogens is 2. The van der Waals surface area contributed by atoms with Crippen LogP contribution in [-0.4, -0.2) is 11.5 Å². The van der Waals surface area contributed by atoms with Crippen LogP contribution < -0.4 is 5.32 Å². The molecule has 0 saturated carbocycles. The van der Waals surface area contributed by atoms with E-state index in [0.717, 1.165) is 24.5 Å². The number of hydrogen-bond donors (Lipinski definition) is 2. The average molecular weight is 269 g/mol. The summed E-state index contributed by atoms with van der Waals surface area (Å²) < 4.78 is 0. The Morgan fingerprint density at radius 1 is 1.12 bits per heavy atom. The summed E-state index contributed by atoms with van der Waals surface area (Å²) in [5, 5.41) is 4.15. The van der Waals surface area contributed by atoms with Crippen LogP contribution in [0.15, 0.2) is 30.3 Å². The van der Waals surface area contributed by atoms with Crippen LogP contribution in [0.2, 0.25) is 5.02 Å². The van der Waals surface area contributed by atoms with E-state index in [-0.39, 0.29) is 12.4 Å². The van der Waals surface area contributed by atoms with Crippen LogP contribution in [0.25, 0.3) is 11.3 Å². The lowest BCUT2D eigenvalue weighted by Gasteiger charge is -2.11. The lowest BCUT2D eigenvalue weighted by atomic mass is 10.1. The molecule has 2 heterocycles. The number of nitrogens with one attached hydrogen (secondary N) is 2. The Bertz CT molecular complexity index is 479. The smallest absolute Gasteiger partial charge is 0.0459 e. The van der Waals surface area contributed by atoms with Crippen molar-refractivity contribution in [2.45, 2.75) is 13.0 Å². The maximum Gasteiger partial charge on any atom is 0.0459 e. The standard InChI is InChI=1S/C13H13ClN2.ClH/c14-11-3-1-9(2-4-11)13-7-10-8-15-6-5-12(10)16-13;/h1-4,7,15-16H,5-6,8H2;1H. The summed E-state index contributed by atoms with van der Waals surface area (Å²) in [5.41, 5.74) is 5.13. The van der Waals surface area contributed by atoms with Crippen molar-refractivity contribution in [2.24, 2.45) is 0 Å². The molecule has 0 radical (unpaired) electrons. The zero-order valence-electron chi connectivity index (χ0n) is 9.29. The molecule has 1 aromatic carbocycles. The van der Waals surface area contributed by atoms with Gasteiger partial charge in [0.2, 0.25) is 0 Å². The van der Waals surface area contributed by atoms with Crippen molar-refractivity contribution in [3.8, 4) is 11.3 Å². The summed E-state index contributed by atoms with van der Waals surface area (Å²) >= 11 is 5.88. The molecule has 2 nitrogen and oxygen atoms in total. The monoisotopic (exact) mass is 268 g/mol. The third kappa shape index (κ3) is 2.49. The molecule has 3 rings (SSSR count). The molecule has 17 heavy (non-hydrogen) atoms. The van der Waals surface area contributed by atoms with Crippen molar-refractivity contribution in [1.82, 2.24) is 10.3 Å². The highest BCUT2D eigenvalue weighted by Crippen LogP contribution is 2.24. The van der Waals surface area contributed by atoms with Gasteiger partial charge in [-0.25, -0.2) is 0 Å². The van der Waals surface area contributed by atoms with E-state index in [9.17, 15) is 0 Å². The van der Waals surface area contributed by atoms with Gasteiger partial charge in [0.25, 0.3) is 0 Å². The number of fused-ring (bicyclic) bond motifs is 1. The van der Waals surface area contributed by atoms with E-state index >= 15 is 0 Å². The van der Waals surface area contributed by atoms with Gasteiger partial charge < -0.3 is 10.3 Å². The number of aromatic amines is 1. The highest BCUT2D eigenvalue weighted by molar-refractivity contribution is 6.30. The maximum atomic E-state index is 5.88. The number of H-pyrrole nitrogens is 1. The van der Waals surface area contributed by atoms with Crippen molar-refractivity contribution in [3.05, 3.63) is 46.6 Å². The predicted octanol–water partition coefficient (Wildman–Crippen LogP) is 3.40. The molecular formula is C13H14Cl2N2. The topological polar surface area (TPSA) is 27.8 Å². The Labute approximate surface area is 112 Å². The molecule has 90 valence electrons. The molecule has 0 bridgehead atoms. The Kier molecular flexibility index (Phi) is 3.77. The first-order valence-electron chi connectivity index (χ1n) is 5.50. The van der Waals surface area contributed by atoms with Gasteiger partial charge in [-0.2, -0.15) is 0 Å². The van der Waals surface area contributed by atoms with Crippen LogP contribution in [-0.2, 0) is 13.0 Å².